The second-order valence-electron chi connectivity index (χ2n) is 5.29. The van der Waals surface area contributed by atoms with Crippen LogP contribution in [-0.2, 0) is 6.42 Å². The first-order valence-electron chi connectivity index (χ1n) is 7.16. The number of benzene rings is 2. The van der Waals surface area contributed by atoms with Gasteiger partial charge in [0.05, 0.1) is 5.69 Å². The smallest absolute Gasteiger partial charge is 0.162 e. The van der Waals surface area contributed by atoms with E-state index in [1.165, 1.54) is 5.56 Å². The normalized spacial score (nSPS) is 10.6. The molecule has 0 radical (unpaired) electrons. The molecular weight excluding hydrogens is 338 g/mol. The summed E-state index contributed by atoms with van der Waals surface area (Å²) in [5, 5.41) is 0. The summed E-state index contributed by atoms with van der Waals surface area (Å²) >= 11 is 3.49. The molecule has 1 N–H and O–H groups in total. The summed E-state index contributed by atoms with van der Waals surface area (Å²) in [5.41, 5.74) is 4.93. The predicted octanol–water partition coefficient (Wildman–Crippen LogP) is 5.24. The molecule has 0 spiro atoms. The van der Waals surface area contributed by atoms with Crippen molar-refractivity contribution in [1.82, 2.24) is 4.98 Å². The van der Waals surface area contributed by atoms with Crippen molar-refractivity contribution < 1.29 is 4.79 Å². The van der Waals surface area contributed by atoms with Gasteiger partial charge in [-0.1, -0.05) is 58.4 Å². The van der Waals surface area contributed by atoms with Gasteiger partial charge in [0.25, 0.3) is 0 Å². The largest absolute Gasteiger partial charge is 0.360 e. The standard InChI is InChI=1S/C19H16BrNO/c1-13(22)18-16(10-14-6-5-9-17(20)11-14)12-21-19(18)15-7-3-2-4-8-15/h2-9,11-12,21H,10H2,1H3. The molecule has 1 aromatic heterocycles. The second-order valence-corrected chi connectivity index (χ2v) is 6.21. The number of Topliss-reactive ketones (excluding diaryl/α,β-unsaturated/α-hetero) is 1. The highest BCUT2D eigenvalue weighted by Crippen LogP contribution is 2.27. The lowest BCUT2D eigenvalue weighted by molar-refractivity contribution is 0.101. The summed E-state index contributed by atoms with van der Waals surface area (Å²) in [7, 11) is 0. The molecule has 2 nitrogen and oxygen atoms in total. The Balaban J connectivity index is 2.02. The maximum atomic E-state index is 12.1. The molecule has 0 saturated carbocycles. The van der Waals surface area contributed by atoms with Gasteiger partial charge in [-0.15, -0.1) is 0 Å². The van der Waals surface area contributed by atoms with Crippen LogP contribution in [0.5, 0.6) is 0 Å². The van der Waals surface area contributed by atoms with E-state index in [0.29, 0.717) is 0 Å². The number of nitrogens with one attached hydrogen (secondary N) is 1. The van der Waals surface area contributed by atoms with Crippen molar-refractivity contribution >= 4 is 21.7 Å². The van der Waals surface area contributed by atoms with E-state index < -0.39 is 0 Å². The van der Waals surface area contributed by atoms with E-state index in [-0.39, 0.29) is 5.78 Å². The monoisotopic (exact) mass is 353 g/mol. The van der Waals surface area contributed by atoms with E-state index >= 15 is 0 Å². The van der Waals surface area contributed by atoms with Crippen LogP contribution in [0.25, 0.3) is 11.3 Å². The first-order valence-corrected chi connectivity index (χ1v) is 7.95. The Bertz CT molecular complexity index is 805. The molecule has 0 bridgehead atoms. The van der Waals surface area contributed by atoms with Crippen molar-refractivity contribution in [1.29, 1.82) is 0 Å². The zero-order valence-electron chi connectivity index (χ0n) is 12.3. The molecule has 2 aromatic carbocycles. The lowest BCUT2D eigenvalue weighted by atomic mass is 9.98. The maximum absolute atomic E-state index is 12.1. The van der Waals surface area contributed by atoms with Gasteiger partial charge in [-0.05, 0) is 42.2 Å². The zero-order chi connectivity index (χ0) is 15.5. The highest BCUT2D eigenvalue weighted by Gasteiger charge is 2.16. The van der Waals surface area contributed by atoms with E-state index in [1.807, 2.05) is 48.7 Å². The van der Waals surface area contributed by atoms with Crippen LogP contribution in [-0.4, -0.2) is 10.8 Å². The van der Waals surface area contributed by atoms with Gasteiger partial charge in [-0.25, -0.2) is 0 Å². The topological polar surface area (TPSA) is 32.9 Å². The van der Waals surface area contributed by atoms with E-state index in [0.717, 1.165) is 33.3 Å². The highest BCUT2D eigenvalue weighted by atomic mass is 79.9. The summed E-state index contributed by atoms with van der Waals surface area (Å²) in [6.07, 6.45) is 2.68. The molecule has 0 fully saturated rings. The minimum Gasteiger partial charge on any atom is -0.360 e. The average Bonchev–Trinajstić information content (AvgIpc) is 2.92. The molecule has 0 unspecified atom stereocenters. The van der Waals surface area contributed by atoms with Crippen LogP contribution < -0.4 is 0 Å². The number of aromatic amines is 1. The van der Waals surface area contributed by atoms with Crippen molar-refractivity contribution in [3.05, 3.63) is 82.0 Å². The SMILES string of the molecule is CC(=O)c1c(Cc2cccc(Br)c2)c[nH]c1-c1ccccc1. The van der Waals surface area contributed by atoms with Crippen molar-refractivity contribution in [3.63, 3.8) is 0 Å². The fourth-order valence-electron chi connectivity index (χ4n) is 2.71. The lowest BCUT2D eigenvalue weighted by Crippen LogP contribution is -1.99. The molecule has 1 heterocycles. The van der Waals surface area contributed by atoms with Gasteiger partial charge in [0, 0.05) is 16.2 Å². The molecular formula is C19H16BrNO. The molecule has 0 aliphatic rings. The van der Waals surface area contributed by atoms with Gasteiger partial charge in [0.15, 0.2) is 5.78 Å². The Morgan fingerprint density at radius 3 is 2.55 bits per heavy atom. The number of ketones is 1. The third kappa shape index (κ3) is 3.04. The molecule has 3 heteroatoms. The van der Waals surface area contributed by atoms with Crippen molar-refractivity contribution in [2.75, 3.05) is 0 Å². The number of hydrogen-bond donors (Lipinski definition) is 1. The Morgan fingerprint density at radius 2 is 1.86 bits per heavy atom. The highest BCUT2D eigenvalue weighted by molar-refractivity contribution is 9.10. The van der Waals surface area contributed by atoms with Crippen molar-refractivity contribution in [3.8, 4) is 11.3 Å². The fraction of sp³-hybridized carbons (Fsp3) is 0.105. The zero-order valence-corrected chi connectivity index (χ0v) is 13.9. The van der Waals surface area contributed by atoms with Gasteiger partial charge in [0.1, 0.15) is 0 Å². The molecule has 110 valence electrons. The minimum atomic E-state index is 0.0881. The first kappa shape index (κ1) is 14.8. The number of aromatic nitrogens is 1. The van der Waals surface area contributed by atoms with Gasteiger partial charge < -0.3 is 4.98 Å². The molecule has 0 aliphatic heterocycles. The second kappa shape index (κ2) is 6.32. The molecule has 0 aliphatic carbocycles. The Hall–Kier alpha value is -2.13. The third-order valence-corrected chi connectivity index (χ3v) is 4.15. The predicted molar refractivity (Wildman–Crippen MR) is 93.2 cm³/mol. The fourth-order valence-corrected chi connectivity index (χ4v) is 3.15. The van der Waals surface area contributed by atoms with E-state index in [1.54, 1.807) is 6.92 Å². The molecule has 0 saturated heterocycles. The number of carbonyl (C=O) groups excluding carboxylic acids is 1. The Morgan fingerprint density at radius 1 is 1.09 bits per heavy atom. The van der Waals surface area contributed by atoms with Gasteiger partial charge >= 0.3 is 0 Å². The number of hydrogen-bond acceptors (Lipinski definition) is 1. The summed E-state index contributed by atoms with van der Waals surface area (Å²) in [5.74, 6) is 0.0881. The minimum absolute atomic E-state index is 0.0881. The summed E-state index contributed by atoms with van der Waals surface area (Å²) in [6.45, 7) is 1.63. The molecule has 3 rings (SSSR count). The number of H-pyrrole nitrogens is 1. The van der Waals surface area contributed by atoms with Crippen LogP contribution in [0.3, 0.4) is 0 Å². The maximum Gasteiger partial charge on any atom is 0.162 e. The third-order valence-electron chi connectivity index (χ3n) is 3.66. The van der Waals surface area contributed by atoms with Crippen LogP contribution in [0.2, 0.25) is 0 Å². The quantitative estimate of drug-likeness (QED) is 0.639. The summed E-state index contributed by atoms with van der Waals surface area (Å²) in [4.78, 5) is 15.4. The average molecular weight is 354 g/mol. The van der Waals surface area contributed by atoms with Crippen LogP contribution in [0.1, 0.15) is 28.4 Å². The van der Waals surface area contributed by atoms with E-state index in [9.17, 15) is 4.79 Å². The summed E-state index contributed by atoms with van der Waals surface area (Å²) < 4.78 is 1.05. The van der Waals surface area contributed by atoms with Crippen LogP contribution in [0.15, 0.2) is 65.3 Å². The molecule has 22 heavy (non-hydrogen) atoms. The van der Waals surface area contributed by atoms with Crippen LogP contribution in [0.4, 0.5) is 0 Å². The Kier molecular flexibility index (Phi) is 4.25. The summed E-state index contributed by atoms with van der Waals surface area (Å²) in [6, 6.07) is 18.1. The van der Waals surface area contributed by atoms with Gasteiger partial charge in [-0.2, -0.15) is 0 Å². The number of halogens is 1. The van der Waals surface area contributed by atoms with Gasteiger partial charge in [0.2, 0.25) is 0 Å². The van der Waals surface area contributed by atoms with E-state index in [2.05, 4.69) is 33.0 Å². The molecule has 0 atom stereocenters. The molecule has 0 amide bonds. The number of rotatable bonds is 4. The first-order chi connectivity index (χ1) is 10.6. The van der Waals surface area contributed by atoms with Crippen molar-refractivity contribution in [2.24, 2.45) is 0 Å². The molecule has 3 aromatic rings. The van der Waals surface area contributed by atoms with Crippen LogP contribution in [0, 0.1) is 0 Å². The van der Waals surface area contributed by atoms with Crippen LogP contribution >= 0.6 is 15.9 Å². The van der Waals surface area contributed by atoms with Crippen molar-refractivity contribution in [2.45, 2.75) is 13.3 Å². The number of carbonyl (C=O) groups is 1. The lowest BCUT2D eigenvalue weighted by Gasteiger charge is -2.05. The Labute approximate surface area is 138 Å². The van der Waals surface area contributed by atoms with E-state index in [4.69, 9.17) is 0 Å². The van der Waals surface area contributed by atoms with Gasteiger partial charge in [-0.3, -0.25) is 4.79 Å².